The summed E-state index contributed by atoms with van der Waals surface area (Å²) in [6, 6.07) is 15.6. The van der Waals surface area contributed by atoms with Gasteiger partial charge in [0.05, 0.1) is 11.4 Å². The largest absolute Gasteiger partial charge is 0.300 e. The van der Waals surface area contributed by atoms with Crippen LogP contribution in [-0.2, 0) is 17.0 Å². The lowest BCUT2D eigenvalue weighted by Gasteiger charge is -2.03. The molecule has 1 N–H and O–H groups in total. The summed E-state index contributed by atoms with van der Waals surface area (Å²) >= 11 is 18.3. The SMILES string of the molecule is Cc1nc(SCC(=O)Nc2nnc(SCc3ccccc3)s2)sc1Cc1cc(Cl)ccc1Cl. The van der Waals surface area contributed by atoms with Gasteiger partial charge in [-0.15, -0.1) is 21.5 Å². The smallest absolute Gasteiger partial charge is 0.236 e. The van der Waals surface area contributed by atoms with Crippen molar-refractivity contribution in [3.63, 3.8) is 0 Å². The number of carbonyl (C=O) groups is 1. The first-order valence-electron chi connectivity index (χ1n) is 9.79. The van der Waals surface area contributed by atoms with Crippen LogP contribution >= 0.6 is 69.4 Å². The Morgan fingerprint density at radius 2 is 1.85 bits per heavy atom. The molecule has 11 heteroatoms. The minimum Gasteiger partial charge on any atom is -0.300 e. The number of anilines is 1. The third-order valence-corrected chi connectivity index (χ3v) is 9.36. The molecule has 1 amide bonds. The Kier molecular flexibility index (Phi) is 8.67. The number of rotatable bonds is 9. The molecule has 170 valence electrons. The normalized spacial score (nSPS) is 11.0. The Morgan fingerprint density at radius 3 is 2.67 bits per heavy atom. The number of thioether (sulfide) groups is 2. The van der Waals surface area contributed by atoms with Crippen LogP contribution in [0.1, 0.15) is 21.7 Å². The number of benzene rings is 2. The highest BCUT2D eigenvalue weighted by Crippen LogP contribution is 2.32. The molecule has 0 bridgehead atoms. The number of hydrogen-bond acceptors (Lipinski definition) is 8. The number of carbonyl (C=O) groups excluding carboxylic acids is 1. The summed E-state index contributed by atoms with van der Waals surface area (Å²) in [6.45, 7) is 1.96. The van der Waals surface area contributed by atoms with Crippen LogP contribution in [0.5, 0.6) is 0 Å². The summed E-state index contributed by atoms with van der Waals surface area (Å²) in [4.78, 5) is 18.1. The van der Waals surface area contributed by atoms with Gasteiger partial charge in [-0.2, -0.15) is 0 Å². The lowest BCUT2D eigenvalue weighted by atomic mass is 10.1. The first-order chi connectivity index (χ1) is 16.0. The maximum atomic E-state index is 12.4. The molecule has 2 heterocycles. The number of hydrogen-bond donors (Lipinski definition) is 1. The van der Waals surface area contributed by atoms with Crippen molar-refractivity contribution in [1.29, 1.82) is 0 Å². The molecular formula is C22H18Cl2N4OS4. The van der Waals surface area contributed by atoms with Crippen molar-refractivity contribution < 1.29 is 4.79 Å². The predicted molar refractivity (Wildman–Crippen MR) is 141 cm³/mol. The van der Waals surface area contributed by atoms with E-state index >= 15 is 0 Å². The molecule has 4 aromatic rings. The molecular weight excluding hydrogens is 535 g/mol. The lowest BCUT2D eigenvalue weighted by Crippen LogP contribution is -2.13. The molecule has 0 saturated carbocycles. The van der Waals surface area contributed by atoms with Crippen LogP contribution in [0, 0.1) is 6.92 Å². The number of aromatic nitrogens is 3. The van der Waals surface area contributed by atoms with Crippen molar-refractivity contribution in [1.82, 2.24) is 15.2 Å². The number of nitrogens with zero attached hydrogens (tertiary/aromatic N) is 3. The van der Waals surface area contributed by atoms with E-state index in [4.69, 9.17) is 23.2 Å². The van der Waals surface area contributed by atoms with Crippen LogP contribution in [-0.4, -0.2) is 26.8 Å². The van der Waals surface area contributed by atoms with Crippen LogP contribution in [0.4, 0.5) is 5.13 Å². The van der Waals surface area contributed by atoms with E-state index in [1.807, 2.05) is 31.2 Å². The van der Waals surface area contributed by atoms with Gasteiger partial charge in [0, 0.05) is 27.1 Å². The molecule has 33 heavy (non-hydrogen) atoms. The van der Waals surface area contributed by atoms with E-state index in [0.29, 0.717) is 21.6 Å². The Bertz CT molecular complexity index is 1250. The molecule has 2 aromatic heterocycles. The summed E-state index contributed by atoms with van der Waals surface area (Å²) in [5.74, 6) is 0.921. The van der Waals surface area contributed by atoms with Crippen molar-refractivity contribution in [2.75, 3.05) is 11.1 Å². The van der Waals surface area contributed by atoms with Gasteiger partial charge in [0.2, 0.25) is 11.0 Å². The second-order valence-corrected chi connectivity index (χ2v) is 12.2. The van der Waals surface area contributed by atoms with Crippen molar-refractivity contribution >= 4 is 80.4 Å². The molecule has 0 unspecified atom stereocenters. The summed E-state index contributed by atoms with van der Waals surface area (Å²) in [7, 11) is 0. The monoisotopic (exact) mass is 552 g/mol. The Hall–Kier alpha value is -1.62. The fraction of sp³-hybridized carbons (Fsp3) is 0.182. The van der Waals surface area contributed by atoms with E-state index in [-0.39, 0.29) is 11.7 Å². The maximum absolute atomic E-state index is 12.4. The third kappa shape index (κ3) is 7.18. The fourth-order valence-electron chi connectivity index (χ4n) is 2.80. The van der Waals surface area contributed by atoms with E-state index in [2.05, 4.69) is 32.6 Å². The third-order valence-electron chi connectivity index (χ3n) is 4.42. The van der Waals surface area contributed by atoms with Crippen LogP contribution in [0.25, 0.3) is 0 Å². The number of thiazole rings is 1. The van der Waals surface area contributed by atoms with E-state index in [1.165, 1.54) is 28.7 Å². The number of nitrogens with one attached hydrogen (secondary N) is 1. The molecule has 0 fully saturated rings. The highest BCUT2D eigenvalue weighted by molar-refractivity contribution is 8.01. The second kappa shape index (κ2) is 11.7. The number of halogens is 2. The molecule has 0 radical (unpaired) electrons. The first-order valence-corrected chi connectivity index (χ1v) is 14.2. The van der Waals surface area contributed by atoms with Gasteiger partial charge < -0.3 is 0 Å². The molecule has 4 rings (SSSR count). The zero-order valence-electron chi connectivity index (χ0n) is 17.4. The van der Waals surface area contributed by atoms with Crippen LogP contribution in [0.3, 0.4) is 0 Å². The highest BCUT2D eigenvalue weighted by Gasteiger charge is 2.14. The molecule has 0 aliphatic heterocycles. The van der Waals surface area contributed by atoms with Gasteiger partial charge in [-0.1, -0.05) is 88.4 Å². The van der Waals surface area contributed by atoms with Crippen LogP contribution in [0.15, 0.2) is 57.2 Å². The molecule has 2 aromatic carbocycles. The van der Waals surface area contributed by atoms with Crippen LogP contribution < -0.4 is 5.32 Å². The fourth-order valence-corrected chi connectivity index (χ4v) is 6.96. The summed E-state index contributed by atoms with van der Waals surface area (Å²) < 4.78 is 1.66. The van der Waals surface area contributed by atoms with Gasteiger partial charge in [0.15, 0.2) is 8.68 Å². The Morgan fingerprint density at radius 1 is 1.03 bits per heavy atom. The van der Waals surface area contributed by atoms with Gasteiger partial charge in [-0.05, 0) is 36.2 Å². The Labute approximate surface area is 218 Å². The van der Waals surface area contributed by atoms with E-state index < -0.39 is 0 Å². The average Bonchev–Trinajstić information content (AvgIpc) is 3.40. The topological polar surface area (TPSA) is 67.8 Å². The van der Waals surface area contributed by atoms with Gasteiger partial charge in [0.1, 0.15) is 0 Å². The number of amides is 1. The van der Waals surface area contributed by atoms with Gasteiger partial charge >= 0.3 is 0 Å². The zero-order chi connectivity index (χ0) is 23.2. The zero-order valence-corrected chi connectivity index (χ0v) is 22.2. The van der Waals surface area contributed by atoms with Crippen molar-refractivity contribution in [3.8, 4) is 0 Å². The standard InChI is InChI=1S/C22H18Cl2N4OS4/c1-13-18(10-15-9-16(23)7-8-17(15)24)32-21(25-13)31-12-19(29)26-20-27-28-22(33-20)30-11-14-5-3-2-4-6-14/h2-9H,10-12H2,1H3,(H,26,27,29). The molecule has 0 aliphatic rings. The highest BCUT2D eigenvalue weighted by atomic mass is 35.5. The first kappa shape index (κ1) is 24.5. The second-order valence-electron chi connectivity index (χ2n) is 6.89. The lowest BCUT2D eigenvalue weighted by molar-refractivity contribution is -0.113. The molecule has 0 saturated heterocycles. The molecule has 5 nitrogen and oxygen atoms in total. The maximum Gasteiger partial charge on any atom is 0.236 e. The minimum atomic E-state index is -0.136. The van der Waals surface area contributed by atoms with Gasteiger partial charge in [-0.25, -0.2) is 4.98 Å². The van der Waals surface area contributed by atoms with Crippen molar-refractivity contribution in [2.24, 2.45) is 0 Å². The summed E-state index contributed by atoms with van der Waals surface area (Å²) in [5, 5.41) is 12.9. The molecule has 0 aliphatic carbocycles. The molecule has 0 atom stereocenters. The van der Waals surface area contributed by atoms with Crippen molar-refractivity contribution in [3.05, 3.63) is 80.3 Å². The Balaban J connectivity index is 1.27. The van der Waals surface area contributed by atoms with Gasteiger partial charge in [-0.3, -0.25) is 10.1 Å². The average molecular weight is 554 g/mol. The minimum absolute atomic E-state index is 0.136. The predicted octanol–water partition coefficient (Wildman–Crippen LogP) is 7.22. The van der Waals surface area contributed by atoms with E-state index in [9.17, 15) is 4.79 Å². The summed E-state index contributed by atoms with van der Waals surface area (Å²) in [6.07, 6.45) is 0.657. The van der Waals surface area contributed by atoms with E-state index in [0.717, 1.165) is 30.6 Å². The number of aryl methyl sites for hydroxylation is 1. The van der Waals surface area contributed by atoms with E-state index in [1.54, 1.807) is 35.2 Å². The quantitative estimate of drug-likeness (QED) is 0.174. The van der Waals surface area contributed by atoms with Gasteiger partial charge in [0.25, 0.3) is 0 Å². The van der Waals surface area contributed by atoms with Crippen LogP contribution in [0.2, 0.25) is 10.0 Å². The summed E-state index contributed by atoms with van der Waals surface area (Å²) in [5.41, 5.74) is 3.11. The molecule has 0 spiro atoms. The van der Waals surface area contributed by atoms with Crippen molar-refractivity contribution in [2.45, 2.75) is 27.8 Å².